The lowest BCUT2D eigenvalue weighted by Gasteiger charge is -2.30. The Morgan fingerprint density at radius 1 is 0.270 bits per heavy atom. The number of aryl methyl sites for hydroxylation is 3. The molecule has 0 heterocycles. The molecule has 0 N–H and O–H groups in total. The predicted octanol–water partition coefficient (Wildman–Crippen LogP) is 19.2. The molecule has 2 heteroatoms. The van der Waals surface area contributed by atoms with Crippen LogP contribution in [0, 0.1) is 0 Å². The van der Waals surface area contributed by atoms with E-state index in [0.29, 0.717) is 0 Å². The molecule has 0 atom stereocenters. The molecule has 2 nitrogen and oxygen atoms in total. The van der Waals surface area contributed by atoms with Crippen molar-refractivity contribution in [1.82, 2.24) is 0 Å². The highest BCUT2D eigenvalue weighted by atomic mass is 15.1. The molecule has 12 rings (SSSR count). The lowest BCUT2D eigenvalue weighted by Crippen LogP contribution is -2.15. The maximum atomic E-state index is 2.42. The summed E-state index contributed by atoms with van der Waals surface area (Å²) < 4.78 is 0. The largest absolute Gasteiger partial charge is 0.310 e. The van der Waals surface area contributed by atoms with Crippen molar-refractivity contribution in [2.45, 2.75) is 51.4 Å². The van der Waals surface area contributed by atoms with Gasteiger partial charge in [0, 0.05) is 34.1 Å². The first-order valence-electron chi connectivity index (χ1n) is 26.5. The Hall–Kier alpha value is -8.72. The predicted molar refractivity (Wildman–Crippen MR) is 315 cm³/mol. The normalized spacial score (nSPS) is 12.4. The summed E-state index contributed by atoms with van der Waals surface area (Å²) >= 11 is 0. The Kier molecular flexibility index (Phi) is 14.9. The van der Waals surface area contributed by atoms with Gasteiger partial charge in [-0.2, -0.15) is 0 Å². The molecule has 0 saturated carbocycles. The number of fused-ring (bicyclic) bond motifs is 2. The van der Waals surface area contributed by atoms with Gasteiger partial charge in [0.2, 0.25) is 0 Å². The van der Waals surface area contributed by atoms with E-state index >= 15 is 0 Å². The van der Waals surface area contributed by atoms with Crippen LogP contribution in [0.2, 0.25) is 0 Å². The van der Waals surface area contributed by atoms with Crippen molar-refractivity contribution in [2.24, 2.45) is 0 Å². The van der Waals surface area contributed by atoms with Gasteiger partial charge in [0.05, 0.1) is 0 Å². The van der Waals surface area contributed by atoms with E-state index in [1.54, 1.807) is 0 Å². The van der Waals surface area contributed by atoms with Crippen molar-refractivity contribution in [1.29, 1.82) is 0 Å². The van der Waals surface area contributed by atoms with E-state index < -0.39 is 0 Å². The fraction of sp³-hybridized carbons (Fsp3) is 0.111. The van der Waals surface area contributed by atoms with E-state index in [-0.39, 0.29) is 0 Å². The molecule has 0 spiro atoms. The molecule has 0 aromatic heterocycles. The molecule has 360 valence electrons. The van der Waals surface area contributed by atoms with Crippen molar-refractivity contribution in [2.75, 3.05) is 9.80 Å². The highest BCUT2D eigenvalue weighted by Crippen LogP contribution is 2.41. The third kappa shape index (κ3) is 11.2. The number of para-hydroxylation sites is 2. The molecular formula is C72H62N2. The second-order valence-corrected chi connectivity index (χ2v) is 19.4. The van der Waals surface area contributed by atoms with Gasteiger partial charge in [-0.1, -0.05) is 200 Å². The van der Waals surface area contributed by atoms with Gasteiger partial charge in [-0.3, -0.25) is 0 Å². The zero-order valence-electron chi connectivity index (χ0n) is 42.1. The molecule has 0 radical (unpaired) electrons. The molecule has 74 heavy (non-hydrogen) atoms. The summed E-state index contributed by atoms with van der Waals surface area (Å²) in [7, 11) is 0. The van der Waals surface area contributed by atoms with Gasteiger partial charge >= 0.3 is 0 Å². The average molecular weight is 955 g/mol. The molecule has 0 saturated heterocycles. The second kappa shape index (κ2) is 23.2. The molecular weight excluding hydrogens is 893 g/mol. The lowest BCUT2D eigenvalue weighted by molar-refractivity contribution is 0.685. The van der Waals surface area contributed by atoms with Crippen LogP contribution in [0.3, 0.4) is 0 Å². The number of rotatable bonds is 12. The number of nitrogens with zero attached hydrogens (tertiary/aromatic N) is 2. The molecule has 10 aromatic rings. The average Bonchev–Trinajstić information content (AvgIpc) is 3.48. The Balaban J connectivity index is 0.000000159. The molecule has 0 fully saturated rings. The van der Waals surface area contributed by atoms with E-state index in [9.17, 15) is 0 Å². The summed E-state index contributed by atoms with van der Waals surface area (Å²) in [6.45, 7) is 0. The van der Waals surface area contributed by atoms with Gasteiger partial charge in [0.15, 0.2) is 0 Å². The van der Waals surface area contributed by atoms with Crippen molar-refractivity contribution in [3.8, 4) is 0 Å². The highest BCUT2D eigenvalue weighted by molar-refractivity contribution is 5.93. The molecule has 0 aliphatic heterocycles. The standard InChI is InChI=1S/2C36H31N/c1-4-13-30(14-5-1)35(31-15-6-2-7-16-31)27-28-23-25-33(26-24-28)37(32-19-8-3-9-20-32)36-22-12-18-29-17-10-11-21-34(29)36;1-4-13-30(14-5-1)36(31-15-6-2-7-16-31)26-28-20-23-34(24-21-28)37(33-18-8-3-9-19-33)35-25-22-29-12-10-11-17-32(29)27-35/h1-9,12-16,18-20,22-27H,10-11,17,21H2;1-9,13-16,18-27H,10-12,17H2. The van der Waals surface area contributed by atoms with Gasteiger partial charge in [-0.25, -0.2) is 0 Å². The van der Waals surface area contributed by atoms with Crippen LogP contribution in [0.4, 0.5) is 34.1 Å². The lowest BCUT2D eigenvalue weighted by atomic mass is 9.90. The zero-order chi connectivity index (χ0) is 49.7. The van der Waals surface area contributed by atoms with Crippen LogP contribution in [-0.2, 0) is 25.7 Å². The Morgan fingerprint density at radius 2 is 0.635 bits per heavy atom. The number of hydrogen-bond donors (Lipinski definition) is 0. The fourth-order valence-corrected chi connectivity index (χ4v) is 10.8. The third-order valence-electron chi connectivity index (χ3n) is 14.5. The van der Waals surface area contributed by atoms with Gasteiger partial charge < -0.3 is 9.80 Å². The van der Waals surface area contributed by atoms with E-state index in [2.05, 4.69) is 289 Å². The summed E-state index contributed by atoms with van der Waals surface area (Å²) in [4.78, 5) is 4.80. The van der Waals surface area contributed by atoms with Crippen molar-refractivity contribution in [3.05, 3.63) is 323 Å². The first-order chi connectivity index (χ1) is 36.7. The van der Waals surface area contributed by atoms with E-state index in [1.165, 1.54) is 146 Å². The van der Waals surface area contributed by atoms with Gasteiger partial charge in [0.25, 0.3) is 0 Å². The quantitative estimate of drug-likeness (QED) is 0.113. The molecule has 10 aromatic carbocycles. The smallest absolute Gasteiger partial charge is 0.0496 e. The second-order valence-electron chi connectivity index (χ2n) is 19.4. The van der Waals surface area contributed by atoms with Crippen molar-refractivity contribution < 1.29 is 0 Å². The molecule has 0 bridgehead atoms. The summed E-state index contributed by atoms with van der Waals surface area (Å²) in [6, 6.07) is 95.8. The Morgan fingerprint density at radius 3 is 1.11 bits per heavy atom. The Labute approximate surface area is 438 Å². The monoisotopic (exact) mass is 954 g/mol. The van der Waals surface area contributed by atoms with Crippen LogP contribution in [0.1, 0.15) is 81.3 Å². The first kappa shape index (κ1) is 47.6. The van der Waals surface area contributed by atoms with E-state index in [1.807, 2.05) is 0 Å². The number of benzene rings is 10. The zero-order valence-corrected chi connectivity index (χ0v) is 42.1. The van der Waals surface area contributed by atoms with Gasteiger partial charge in [0.1, 0.15) is 0 Å². The van der Waals surface area contributed by atoms with Crippen LogP contribution >= 0.6 is 0 Å². The van der Waals surface area contributed by atoms with E-state index in [0.717, 1.165) is 6.42 Å². The summed E-state index contributed by atoms with van der Waals surface area (Å²) in [5.74, 6) is 0. The number of anilines is 6. The van der Waals surface area contributed by atoms with Crippen LogP contribution in [0.15, 0.2) is 267 Å². The molecule has 0 unspecified atom stereocenters. The van der Waals surface area contributed by atoms with Gasteiger partial charge in [-0.05, 0) is 197 Å². The van der Waals surface area contributed by atoms with Crippen LogP contribution in [0.5, 0.6) is 0 Å². The summed E-state index contributed by atoms with van der Waals surface area (Å²) in [5, 5.41) is 0. The molecule has 2 aliphatic carbocycles. The van der Waals surface area contributed by atoms with Crippen LogP contribution < -0.4 is 9.80 Å². The van der Waals surface area contributed by atoms with E-state index in [4.69, 9.17) is 0 Å². The topological polar surface area (TPSA) is 6.48 Å². The highest BCUT2D eigenvalue weighted by Gasteiger charge is 2.21. The minimum Gasteiger partial charge on any atom is -0.310 e. The Bertz CT molecular complexity index is 3350. The van der Waals surface area contributed by atoms with Crippen LogP contribution in [0.25, 0.3) is 23.3 Å². The third-order valence-corrected chi connectivity index (χ3v) is 14.5. The SMILES string of the molecule is C(=C(c1ccccc1)c1ccccc1)c1ccc(N(c2ccccc2)c2ccc3c(c2)CCCC3)cc1.C(=C(c1ccccc1)c1ccccc1)c1ccc(N(c2ccccc2)c2cccc3c2CCCC3)cc1. The minimum absolute atomic E-state index is 1.15. The number of hydrogen-bond acceptors (Lipinski definition) is 2. The van der Waals surface area contributed by atoms with Gasteiger partial charge in [-0.15, -0.1) is 0 Å². The minimum atomic E-state index is 1.15. The summed E-state index contributed by atoms with van der Waals surface area (Å²) in [6.07, 6.45) is 14.4. The molecule has 0 amide bonds. The van der Waals surface area contributed by atoms with Crippen LogP contribution in [-0.4, -0.2) is 0 Å². The fourth-order valence-electron chi connectivity index (χ4n) is 10.8. The first-order valence-corrected chi connectivity index (χ1v) is 26.5. The summed E-state index contributed by atoms with van der Waals surface area (Å²) in [5.41, 5.74) is 23.0. The maximum Gasteiger partial charge on any atom is 0.0496 e. The molecule has 2 aliphatic rings. The van der Waals surface area contributed by atoms with Crippen molar-refractivity contribution >= 4 is 57.4 Å². The van der Waals surface area contributed by atoms with Crippen molar-refractivity contribution in [3.63, 3.8) is 0 Å². The maximum absolute atomic E-state index is 2.42.